The molecule has 0 fully saturated rings. The van der Waals surface area contributed by atoms with Crippen LogP contribution in [0.3, 0.4) is 0 Å². The van der Waals surface area contributed by atoms with Crippen LogP contribution in [-0.4, -0.2) is 49.8 Å². The van der Waals surface area contributed by atoms with Gasteiger partial charge < -0.3 is 21.1 Å². The minimum Gasteiger partial charge on any atom is -0.390 e. The second kappa shape index (κ2) is 12.7. The third kappa shape index (κ3) is 8.25. The number of hydrogen-bond acceptors (Lipinski definition) is 8. The van der Waals surface area contributed by atoms with Gasteiger partial charge in [-0.3, -0.25) is 4.98 Å². The minimum absolute atomic E-state index is 0.0451. The van der Waals surface area contributed by atoms with Gasteiger partial charge in [0, 0.05) is 40.4 Å². The van der Waals surface area contributed by atoms with Gasteiger partial charge in [-0.15, -0.1) is 5.10 Å². The number of pyridine rings is 1. The van der Waals surface area contributed by atoms with E-state index in [1.165, 1.54) is 28.9 Å². The summed E-state index contributed by atoms with van der Waals surface area (Å²) in [6, 6.07) is 9.80. The molecule has 0 spiro atoms. The first kappa shape index (κ1) is 29.9. The van der Waals surface area contributed by atoms with Crippen LogP contribution in [0.25, 0.3) is 10.9 Å². The Kier molecular flexibility index (Phi) is 9.06. The SMILES string of the molecule is [2H][C@](Nc1cc(Br)c2ncc(C#N)c(NCC(C)(C)C)c2c1)(c1ccc(F)cc1)c1cn(CC(O)CNC(C)(C)C)nn1. The molecule has 9 nitrogen and oxygen atoms in total. The molecule has 0 bridgehead atoms. The Morgan fingerprint density at radius 1 is 1.17 bits per heavy atom. The zero-order valence-electron chi connectivity index (χ0n) is 25.8. The lowest BCUT2D eigenvalue weighted by Gasteiger charge is -2.23. The van der Waals surface area contributed by atoms with Gasteiger partial charge in [0.15, 0.2) is 0 Å². The number of aliphatic hydroxyl groups is 1. The standard InChI is InChI=1S/C31H38BrFN8O/c1-30(2,3)18-36-27-20(13-34)14-35-29-24(27)11-22(12-25(29)32)38-28(19-7-9-21(33)10-8-19)26-17-41(40-39-26)16-23(42)15-37-31(4,5)6/h7-12,14,17,23,28,37-38,42H,15-16,18H2,1-6H3,(H,35,36)/t23?,28-/m0/s1/i28D. The monoisotopic (exact) mass is 637 g/mol. The van der Waals surface area contributed by atoms with E-state index < -0.39 is 17.9 Å². The van der Waals surface area contributed by atoms with Crippen LogP contribution >= 0.6 is 15.9 Å². The average molecular weight is 639 g/mol. The van der Waals surface area contributed by atoms with E-state index in [2.05, 4.69) is 74.0 Å². The van der Waals surface area contributed by atoms with Crippen molar-refractivity contribution in [2.75, 3.05) is 23.7 Å². The first-order chi connectivity index (χ1) is 20.1. The highest BCUT2D eigenvalue weighted by Gasteiger charge is 2.22. The van der Waals surface area contributed by atoms with E-state index in [9.17, 15) is 16.1 Å². The van der Waals surface area contributed by atoms with Crippen molar-refractivity contribution in [3.8, 4) is 6.07 Å². The van der Waals surface area contributed by atoms with Crippen LogP contribution in [0, 0.1) is 22.6 Å². The Balaban J connectivity index is 1.75. The molecule has 0 amide bonds. The molecule has 2 heterocycles. The molecule has 4 N–H and O–H groups in total. The molecule has 0 aliphatic heterocycles. The van der Waals surface area contributed by atoms with E-state index in [-0.39, 0.29) is 23.2 Å². The van der Waals surface area contributed by atoms with Crippen molar-refractivity contribution in [2.45, 2.75) is 65.7 Å². The van der Waals surface area contributed by atoms with Gasteiger partial charge in [-0.25, -0.2) is 9.07 Å². The van der Waals surface area contributed by atoms with Crippen molar-refractivity contribution >= 4 is 38.2 Å². The van der Waals surface area contributed by atoms with Crippen molar-refractivity contribution in [1.29, 1.82) is 5.26 Å². The van der Waals surface area contributed by atoms with Crippen LogP contribution in [-0.2, 0) is 6.54 Å². The second-order valence-electron chi connectivity index (χ2n) is 12.5. The van der Waals surface area contributed by atoms with Crippen LogP contribution < -0.4 is 16.0 Å². The molecule has 4 aromatic rings. The Labute approximate surface area is 256 Å². The largest absolute Gasteiger partial charge is 0.390 e. The van der Waals surface area contributed by atoms with Crippen molar-refractivity contribution < 1.29 is 10.9 Å². The Morgan fingerprint density at radius 2 is 1.88 bits per heavy atom. The van der Waals surface area contributed by atoms with E-state index in [0.717, 1.165) is 0 Å². The molecule has 11 heteroatoms. The summed E-state index contributed by atoms with van der Waals surface area (Å²) in [5.74, 6) is -0.428. The smallest absolute Gasteiger partial charge is 0.123 e. The molecule has 2 atom stereocenters. The molecule has 2 aromatic carbocycles. The van der Waals surface area contributed by atoms with E-state index in [1.807, 2.05) is 26.8 Å². The normalized spacial score (nSPS) is 14.6. The summed E-state index contributed by atoms with van der Waals surface area (Å²) in [6.07, 6.45) is 2.41. The highest BCUT2D eigenvalue weighted by molar-refractivity contribution is 9.10. The number of nitriles is 1. The Bertz CT molecular complexity index is 1620. The molecule has 0 aliphatic carbocycles. The highest BCUT2D eigenvalue weighted by atomic mass is 79.9. The zero-order valence-corrected chi connectivity index (χ0v) is 26.3. The molecule has 0 radical (unpaired) electrons. The number of nitrogens with one attached hydrogen (secondary N) is 3. The number of anilines is 2. The molecule has 0 aliphatic rings. The number of fused-ring (bicyclic) bond motifs is 1. The molecule has 42 heavy (non-hydrogen) atoms. The number of nitrogens with zero attached hydrogens (tertiary/aromatic N) is 5. The molecular weight excluding hydrogens is 599 g/mol. The molecule has 0 saturated carbocycles. The maximum Gasteiger partial charge on any atom is 0.123 e. The number of benzene rings is 2. The predicted molar refractivity (Wildman–Crippen MR) is 168 cm³/mol. The average Bonchev–Trinajstić information content (AvgIpc) is 3.39. The summed E-state index contributed by atoms with van der Waals surface area (Å²) in [4.78, 5) is 4.50. The molecule has 222 valence electrons. The number of halogens is 2. The van der Waals surface area contributed by atoms with E-state index in [0.29, 0.717) is 51.0 Å². The number of aliphatic hydroxyl groups excluding tert-OH is 1. The summed E-state index contributed by atoms with van der Waals surface area (Å²) in [7, 11) is 0. The third-order valence-corrected chi connectivity index (χ3v) is 6.91. The number of β-amino-alcohol motifs (C(OH)–C–C–N with tert-alkyl or cyclic N) is 1. The second-order valence-corrected chi connectivity index (χ2v) is 13.4. The van der Waals surface area contributed by atoms with Crippen LogP contribution in [0.1, 0.15) is 65.8 Å². The maximum atomic E-state index is 13.9. The molecule has 2 aromatic heterocycles. The van der Waals surface area contributed by atoms with Gasteiger partial charge >= 0.3 is 0 Å². The fraction of sp³-hybridized carbons (Fsp3) is 0.419. The van der Waals surface area contributed by atoms with Crippen molar-refractivity contribution in [1.82, 2.24) is 25.3 Å². The quantitative estimate of drug-likeness (QED) is 0.167. The summed E-state index contributed by atoms with van der Waals surface area (Å²) < 4.78 is 25.7. The topological polar surface area (TPSA) is 124 Å². The van der Waals surface area contributed by atoms with Gasteiger partial charge in [0.2, 0.25) is 0 Å². The molecule has 1 unspecified atom stereocenters. The Morgan fingerprint density at radius 3 is 2.52 bits per heavy atom. The summed E-state index contributed by atoms with van der Waals surface area (Å²) in [5, 5.41) is 39.5. The van der Waals surface area contributed by atoms with Gasteiger partial charge in [0.05, 0.1) is 43.0 Å². The van der Waals surface area contributed by atoms with Crippen LogP contribution in [0.4, 0.5) is 15.8 Å². The highest BCUT2D eigenvalue weighted by Crippen LogP contribution is 2.36. The van der Waals surface area contributed by atoms with E-state index in [1.54, 1.807) is 18.5 Å². The Hall–Kier alpha value is -3.59. The minimum atomic E-state index is -1.69. The lowest BCUT2D eigenvalue weighted by atomic mass is 9.96. The van der Waals surface area contributed by atoms with Gasteiger partial charge in [-0.05, 0) is 71.9 Å². The number of hydrogen-bond donors (Lipinski definition) is 4. The van der Waals surface area contributed by atoms with E-state index >= 15 is 0 Å². The predicted octanol–water partition coefficient (Wildman–Crippen LogP) is 6.01. The molecule has 0 saturated heterocycles. The van der Waals surface area contributed by atoms with Crippen LogP contribution in [0.5, 0.6) is 0 Å². The first-order valence-corrected chi connectivity index (χ1v) is 14.5. The lowest BCUT2D eigenvalue weighted by molar-refractivity contribution is 0.137. The molecule has 4 rings (SSSR count). The van der Waals surface area contributed by atoms with Gasteiger partial charge in [-0.2, -0.15) is 5.26 Å². The lowest BCUT2D eigenvalue weighted by Crippen LogP contribution is -2.42. The summed E-state index contributed by atoms with van der Waals surface area (Å²) in [5.41, 5.74) is 2.73. The van der Waals surface area contributed by atoms with Crippen molar-refractivity contribution in [3.05, 3.63) is 75.9 Å². The van der Waals surface area contributed by atoms with Crippen molar-refractivity contribution in [2.24, 2.45) is 5.41 Å². The first-order valence-electron chi connectivity index (χ1n) is 14.2. The number of aromatic nitrogens is 4. The van der Waals surface area contributed by atoms with Gasteiger partial charge in [-0.1, -0.05) is 38.1 Å². The summed E-state index contributed by atoms with van der Waals surface area (Å²) >= 11 is 3.62. The summed E-state index contributed by atoms with van der Waals surface area (Å²) in [6.45, 7) is 13.5. The fourth-order valence-corrected chi connectivity index (χ4v) is 4.77. The number of rotatable bonds is 10. The molecular formula is C31H38BrFN8O. The van der Waals surface area contributed by atoms with Gasteiger partial charge in [0.1, 0.15) is 17.6 Å². The zero-order chi connectivity index (χ0) is 31.6. The van der Waals surface area contributed by atoms with Crippen molar-refractivity contribution in [3.63, 3.8) is 0 Å². The van der Waals surface area contributed by atoms with Gasteiger partial charge in [0.25, 0.3) is 0 Å². The maximum absolute atomic E-state index is 13.9. The van der Waals surface area contributed by atoms with Crippen LogP contribution in [0.2, 0.25) is 0 Å². The third-order valence-electron chi connectivity index (χ3n) is 6.30. The van der Waals surface area contributed by atoms with E-state index in [4.69, 9.17) is 0 Å². The fourth-order valence-electron chi connectivity index (χ4n) is 4.21. The van der Waals surface area contributed by atoms with Crippen LogP contribution in [0.15, 0.2) is 53.3 Å².